The van der Waals surface area contributed by atoms with Crippen LogP contribution in [0.15, 0.2) is 18.2 Å². The normalized spacial score (nSPS) is 20.3. The minimum absolute atomic E-state index is 0.122. The molecule has 0 radical (unpaired) electrons. The molecule has 19 heavy (non-hydrogen) atoms. The molecule has 4 nitrogen and oxygen atoms in total. The summed E-state index contributed by atoms with van der Waals surface area (Å²) in [5.41, 5.74) is 7.26. The molecule has 1 saturated heterocycles. The van der Waals surface area contributed by atoms with Gasteiger partial charge in [0.05, 0.1) is 6.54 Å². The molecule has 1 aromatic rings. The van der Waals surface area contributed by atoms with Crippen molar-refractivity contribution in [2.24, 2.45) is 5.73 Å². The summed E-state index contributed by atoms with van der Waals surface area (Å²) in [4.78, 5) is 14.0. The van der Waals surface area contributed by atoms with Crippen molar-refractivity contribution in [2.75, 3.05) is 25.0 Å². The van der Waals surface area contributed by atoms with Crippen molar-refractivity contribution >= 4 is 11.6 Å². The minimum atomic E-state index is -0.346. The van der Waals surface area contributed by atoms with Crippen LogP contribution in [-0.2, 0) is 4.79 Å². The van der Waals surface area contributed by atoms with Crippen molar-refractivity contribution in [3.8, 4) is 0 Å². The zero-order valence-corrected chi connectivity index (χ0v) is 11.2. The largest absolute Gasteiger partial charge is 0.327 e. The molecule has 1 aromatic carbocycles. The van der Waals surface area contributed by atoms with Gasteiger partial charge in [0.1, 0.15) is 5.82 Å². The van der Waals surface area contributed by atoms with Gasteiger partial charge < -0.3 is 11.1 Å². The van der Waals surface area contributed by atoms with E-state index in [4.69, 9.17) is 5.73 Å². The van der Waals surface area contributed by atoms with E-state index >= 15 is 0 Å². The van der Waals surface area contributed by atoms with Gasteiger partial charge >= 0.3 is 0 Å². The van der Waals surface area contributed by atoms with Crippen molar-refractivity contribution in [3.63, 3.8) is 0 Å². The van der Waals surface area contributed by atoms with Crippen molar-refractivity contribution in [1.82, 2.24) is 4.90 Å². The molecular formula is C14H20FN3O. The van der Waals surface area contributed by atoms with Gasteiger partial charge in [-0.2, -0.15) is 0 Å². The van der Waals surface area contributed by atoms with Gasteiger partial charge in [-0.1, -0.05) is 6.07 Å². The maximum absolute atomic E-state index is 13.1. The number of carbonyl (C=O) groups is 1. The second kappa shape index (κ2) is 6.12. The number of nitrogens with zero attached hydrogens (tertiary/aromatic N) is 1. The molecule has 0 bridgehead atoms. The number of nitrogens with one attached hydrogen (secondary N) is 1. The second-order valence-electron chi connectivity index (χ2n) is 5.14. The van der Waals surface area contributed by atoms with Crippen LogP contribution in [0.2, 0.25) is 0 Å². The van der Waals surface area contributed by atoms with Crippen LogP contribution in [0.5, 0.6) is 0 Å². The summed E-state index contributed by atoms with van der Waals surface area (Å²) in [7, 11) is 0. The van der Waals surface area contributed by atoms with Crippen LogP contribution in [0.1, 0.15) is 18.4 Å². The summed E-state index contributed by atoms with van der Waals surface area (Å²) in [6, 6.07) is 4.53. The van der Waals surface area contributed by atoms with Crippen LogP contribution in [0.25, 0.3) is 0 Å². The van der Waals surface area contributed by atoms with Crippen LogP contribution in [0, 0.1) is 12.7 Å². The molecule has 1 atom stereocenters. The maximum atomic E-state index is 13.1. The van der Waals surface area contributed by atoms with Crippen molar-refractivity contribution in [1.29, 1.82) is 0 Å². The topological polar surface area (TPSA) is 58.4 Å². The van der Waals surface area contributed by atoms with Gasteiger partial charge in [0.15, 0.2) is 0 Å². The van der Waals surface area contributed by atoms with Crippen molar-refractivity contribution in [3.05, 3.63) is 29.6 Å². The quantitative estimate of drug-likeness (QED) is 0.870. The fourth-order valence-corrected chi connectivity index (χ4v) is 2.36. The number of benzene rings is 1. The first-order valence-electron chi connectivity index (χ1n) is 6.58. The Hall–Kier alpha value is -1.46. The highest BCUT2D eigenvalue weighted by atomic mass is 19.1. The van der Waals surface area contributed by atoms with E-state index in [1.54, 1.807) is 6.07 Å². The highest BCUT2D eigenvalue weighted by Crippen LogP contribution is 2.16. The Balaban J connectivity index is 1.92. The molecule has 1 fully saturated rings. The van der Waals surface area contributed by atoms with Gasteiger partial charge in [-0.15, -0.1) is 0 Å². The van der Waals surface area contributed by atoms with Gasteiger partial charge in [0.25, 0.3) is 0 Å². The smallest absolute Gasteiger partial charge is 0.238 e. The first kappa shape index (κ1) is 14.0. The number of halogens is 1. The summed E-state index contributed by atoms with van der Waals surface area (Å²) in [6.45, 7) is 3.79. The molecule has 3 N–H and O–H groups in total. The number of amides is 1. The first-order valence-corrected chi connectivity index (χ1v) is 6.58. The lowest BCUT2D eigenvalue weighted by atomic mass is 10.1. The third-order valence-corrected chi connectivity index (χ3v) is 3.38. The lowest BCUT2D eigenvalue weighted by Gasteiger charge is -2.30. The summed E-state index contributed by atoms with van der Waals surface area (Å²) in [5, 5.41) is 2.75. The Morgan fingerprint density at radius 2 is 2.37 bits per heavy atom. The van der Waals surface area contributed by atoms with E-state index in [1.165, 1.54) is 12.1 Å². The maximum Gasteiger partial charge on any atom is 0.238 e. The van der Waals surface area contributed by atoms with Gasteiger partial charge in [0.2, 0.25) is 5.91 Å². The molecule has 0 saturated carbocycles. The molecule has 0 unspecified atom stereocenters. The third-order valence-electron chi connectivity index (χ3n) is 3.38. The number of aryl methyl sites for hydroxylation is 1. The predicted molar refractivity (Wildman–Crippen MR) is 73.4 cm³/mol. The van der Waals surface area contributed by atoms with Crippen LogP contribution >= 0.6 is 0 Å². The van der Waals surface area contributed by atoms with E-state index < -0.39 is 0 Å². The zero-order valence-electron chi connectivity index (χ0n) is 11.2. The molecule has 0 aliphatic carbocycles. The molecule has 0 aromatic heterocycles. The number of anilines is 1. The number of rotatable bonds is 3. The standard InChI is InChI=1S/C14H20FN3O/c1-10-4-5-11(15)7-13(10)17-14(19)9-18-6-2-3-12(16)8-18/h4-5,7,12H,2-3,6,8-9,16H2,1H3,(H,17,19)/t12-/m1/s1. The number of piperidine rings is 1. The van der Waals surface area contributed by atoms with Crippen molar-refractivity contribution in [2.45, 2.75) is 25.8 Å². The van der Waals surface area contributed by atoms with Gasteiger partial charge in [-0.25, -0.2) is 4.39 Å². The van der Waals surface area contributed by atoms with Crippen LogP contribution < -0.4 is 11.1 Å². The Bertz CT molecular complexity index is 464. The summed E-state index contributed by atoms with van der Waals surface area (Å²) in [6.07, 6.45) is 2.04. The highest BCUT2D eigenvalue weighted by molar-refractivity contribution is 5.92. The van der Waals surface area contributed by atoms with E-state index in [9.17, 15) is 9.18 Å². The van der Waals surface area contributed by atoms with E-state index in [0.29, 0.717) is 12.2 Å². The fourth-order valence-electron chi connectivity index (χ4n) is 2.36. The average molecular weight is 265 g/mol. The molecule has 2 rings (SSSR count). The Kier molecular flexibility index (Phi) is 4.50. The highest BCUT2D eigenvalue weighted by Gasteiger charge is 2.19. The Morgan fingerprint density at radius 3 is 3.11 bits per heavy atom. The number of nitrogens with two attached hydrogens (primary N) is 1. The number of likely N-dealkylation sites (tertiary alicyclic amines) is 1. The molecule has 0 spiro atoms. The van der Waals surface area contributed by atoms with Gasteiger partial charge in [-0.05, 0) is 44.0 Å². The molecule has 5 heteroatoms. The van der Waals surface area contributed by atoms with E-state index in [1.807, 2.05) is 11.8 Å². The third kappa shape index (κ3) is 4.01. The zero-order chi connectivity index (χ0) is 13.8. The molecule has 1 amide bonds. The number of hydrogen-bond acceptors (Lipinski definition) is 3. The summed E-state index contributed by atoms with van der Waals surface area (Å²) in [5.74, 6) is -0.469. The Labute approximate surface area is 112 Å². The van der Waals surface area contributed by atoms with Crippen LogP contribution in [0.4, 0.5) is 10.1 Å². The van der Waals surface area contributed by atoms with E-state index in [-0.39, 0.29) is 17.8 Å². The molecule has 1 aliphatic heterocycles. The number of carbonyl (C=O) groups excluding carboxylic acids is 1. The van der Waals surface area contributed by atoms with Crippen LogP contribution in [0.3, 0.4) is 0 Å². The molecule has 104 valence electrons. The second-order valence-corrected chi connectivity index (χ2v) is 5.14. The lowest BCUT2D eigenvalue weighted by molar-refractivity contribution is -0.117. The predicted octanol–water partition coefficient (Wildman–Crippen LogP) is 1.50. The summed E-state index contributed by atoms with van der Waals surface area (Å²) < 4.78 is 13.1. The molecule has 1 aliphatic rings. The lowest BCUT2D eigenvalue weighted by Crippen LogP contribution is -2.45. The Morgan fingerprint density at radius 1 is 1.58 bits per heavy atom. The monoisotopic (exact) mass is 265 g/mol. The molecule has 1 heterocycles. The van der Waals surface area contributed by atoms with Gasteiger partial charge in [0, 0.05) is 18.3 Å². The van der Waals surface area contributed by atoms with E-state index in [2.05, 4.69) is 5.32 Å². The fraction of sp³-hybridized carbons (Fsp3) is 0.500. The SMILES string of the molecule is Cc1ccc(F)cc1NC(=O)CN1CCC[C@@H](N)C1. The van der Waals surface area contributed by atoms with Crippen LogP contribution in [-0.4, -0.2) is 36.5 Å². The van der Waals surface area contributed by atoms with Gasteiger partial charge in [-0.3, -0.25) is 9.69 Å². The average Bonchev–Trinajstić information content (AvgIpc) is 2.34. The summed E-state index contributed by atoms with van der Waals surface area (Å²) >= 11 is 0. The first-order chi connectivity index (χ1) is 9.04. The minimum Gasteiger partial charge on any atom is -0.327 e. The van der Waals surface area contributed by atoms with Crippen molar-refractivity contribution < 1.29 is 9.18 Å². The van der Waals surface area contributed by atoms with E-state index in [0.717, 1.165) is 31.5 Å². The molecular weight excluding hydrogens is 245 g/mol. The number of hydrogen-bond donors (Lipinski definition) is 2.